The molecule has 26 heavy (non-hydrogen) atoms. The minimum atomic E-state index is -0.0673. The molecule has 1 saturated carbocycles. The zero-order valence-corrected chi connectivity index (χ0v) is 15.7. The normalized spacial score (nSPS) is 19.5. The number of carbonyl (C=O) groups excluding carboxylic acids is 2. The number of piperazine rings is 1. The van der Waals surface area contributed by atoms with Gasteiger partial charge in [0, 0.05) is 51.8 Å². The van der Waals surface area contributed by atoms with Crippen LogP contribution in [0.3, 0.4) is 0 Å². The van der Waals surface area contributed by atoms with Gasteiger partial charge in [-0.05, 0) is 25.7 Å². The molecule has 1 aromatic rings. The first-order valence-electron chi connectivity index (χ1n) is 9.83. The van der Waals surface area contributed by atoms with Gasteiger partial charge >= 0.3 is 0 Å². The first-order chi connectivity index (χ1) is 12.6. The quantitative estimate of drug-likeness (QED) is 0.835. The van der Waals surface area contributed by atoms with E-state index in [0.29, 0.717) is 43.4 Å². The van der Waals surface area contributed by atoms with E-state index in [9.17, 15) is 9.59 Å². The van der Waals surface area contributed by atoms with Crippen molar-refractivity contribution < 1.29 is 14.1 Å². The second-order valence-electron chi connectivity index (χ2n) is 7.51. The summed E-state index contributed by atoms with van der Waals surface area (Å²) in [6.07, 6.45) is 6.95. The molecular weight excluding hydrogens is 332 g/mol. The van der Waals surface area contributed by atoms with E-state index >= 15 is 0 Å². The van der Waals surface area contributed by atoms with Crippen molar-refractivity contribution in [3.63, 3.8) is 0 Å². The smallest absolute Gasteiger partial charge is 0.276 e. The third-order valence-corrected chi connectivity index (χ3v) is 5.46. The molecule has 2 fully saturated rings. The molecule has 1 aliphatic heterocycles. The van der Waals surface area contributed by atoms with Crippen molar-refractivity contribution in [2.45, 2.75) is 45.4 Å². The number of carbonyl (C=O) groups is 2. The van der Waals surface area contributed by atoms with Crippen molar-refractivity contribution >= 4 is 11.8 Å². The fraction of sp³-hybridized carbons (Fsp3) is 0.737. The lowest BCUT2D eigenvalue weighted by atomic mass is 9.87. The van der Waals surface area contributed by atoms with Gasteiger partial charge < -0.3 is 14.7 Å². The highest BCUT2D eigenvalue weighted by Gasteiger charge is 2.24. The van der Waals surface area contributed by atoms with Gasteiger partial charge in [0.15, 0.2) is 5.69 Å². The van der Waals surface area contributed by atoms with E-state index in [1.54, 1.807) is 13.0 Å². The summed E-state index contributed by atoms with van der Waals surface area (Å²) in [5.74, 6) is 1.35. The number of hydrogen-bond donors (Lipinski definition) is 1. The lowest BCUT2D eigenvalue weighted by Gasteiger charge is -2.34. The van der Waals surface area contributed by atoms with Crippen molar-refractivity contribution in [1.29, 1.82) is 0 Å². The van der Waals surface area contributed by atoms with Gasteiger partial charge in [0.05, 0.1) is 0 Å². The maximum atomic E-state index is 12.3. The number of aromatic nitrogens is 1. The van der Waals surface area contributed by atoms with Crippen LogP contribution in [0.2, 0.25) is 0 Å². The van der Waals surface area contributed by atoms with E-state index in [1.165, 1.54) is 32.1 Å². The van der Waals surface area contributed by atoms with Crippen molar-refractivity contribution in [2.24, 2.45) is 5.92 Å². The molecule has 0 unspecified atom stereocenters. The van der Waals surface area contributed by atoms with Crippen molar-refractivity contribution in [2.75, 3.05) is 39.3 Å². The maximum absolute atomic E-state index is 12.3. The predicted molar refractivity (Wildman–Crippen MR) is 97.8 cm³/mol. The average Bonchev–Trinajstić information content (AvgIpc) is 3.09. The minimum absolute atomic E-state index is 0.0673. The molecule has 7 heteroatoms. The number of hydrogen-bond acceptors (Lipinski definition) is 5. The van der Waals surface area contributed by atoms with Gasteiger partial charge in [-0.15, -0.1) is 0 Å². The van der Waals surface area contributed by atoms with E-state index in [1.807, 2.05) is 4.90 Å². The van der Waals surface area contributed by atoms with Crippen LogP contribution in [-0.4, -0.2) is 66.0 Å². The highest BCUT2D eigenvalue weighted by molar-refractivity contribution is 5.92. The zero-order chi connectivity index (χ0) is 18.4. The van der Waals surface area contributed by atoms with Crippen LogP contribution in [-0.2, 0) is 4.79 Å². The summed E-state index contributed by atoms with van der Waals surface area (Å²) in [5, 5.41) is 6.86. The van der Waals surface area contributed by atoms with Gasteiger partial charge in [0.2, 0.25) is 5.91 Å². The molecule has 0 radical (unpaired) electrons. The molecule has 1 saturated heterocycles. The number of nitrogens with one attached hydrogen (secondary N) is 1. The van der Waals surface area contributed by atoms with E-state index in [4.69, 9.17) is 4.52 Å². The third-order valence-electron chi connectivity index (χ3n) is 5.46. The number of rotatable bonds is 6. The zero-order valence-electron chi connectivity index (χ0n) is 15.7. The Labute approximate surface area is 155 Å². The Kier molecular flexibility index (Phi) is 6.66. The fourth-order valence-corrected chi connectivity index (χ4v) is 3.88. The molecule has 0 bridgehead atoms. The highest BCUT2D eigenvalue weighted by Crippen LogP contribution is 2.25. The van der Waals surface area contributed by atoms with Crippen molar-refractivity contribution in [1.82, 2.24) is 20.3 Å². The second-order valence-corrected chi connectivity index (χ2v) is 7.51. The molecule has 7 nitrogen and oxygen atoms in total. The van der Waals surface area contributed by atoms with E-state index in [0.717, 1.165) is 19.6 Å². The largest absolute Gasteiger partial charge is 0.361 e. The second kappa shape index (κ2) is 9.16. The van der Waals surface area contributed by atoms with Gasteiger partial charge in [-0.3, -0.25) is 14.5 Å². The molecule has 0 spiro atoms. The molecule has 1 N–H and O–H groups in total. The first-order valence-corrected chi connectivity index (χ1v) is 9.83. The third kappa shape index (κ3) is 5.30. The molecule has 1 aliphatic carbocycles. The molecule has 0 aromatic carbocycles. The van der Waals surface area contributed by atoms with Crippen LogP contribution in [0.1, 0.15) is 54.8 Å². The van der Waals surface area contributed by atoms with Crippen LogP contribution in [0, 0.1) is 12.8 Å². The Hall–Kier alpha value is -1.89. The lowest BCUT2D eigenvalue weighted by Crippen LogP contribution is -2.50. The Morgan fingerprint density at radius 1 is 1.19 bits per heavy atom. The average molecular weight is 362 g/mol. The van der Waals surface area contributed by atoms with Crippen molar-refractivity contribution in [3.05, 3.63) is 17.5 Å². The monoisotopic (exact) mass is 362 g/mol. The van der Waals surface area contributed by atoms with E-state index in [-0.39, 0.29) is 11.8 Å². The van der Waals surface area contributed by atoms with Gasteiger partial charge in [-0.2, -0.15) is 0 Å². The summed E-state index contributed by atoms with van der Waals surface area (Å²) >= 11 is 0. The molecule has 2 heterocycles. The van der Waals surface area contributed by atoms with Gasteiger partial charge in [-0.25, -0.2) is 0 Å². The van der Waals surface area contributed by atoms with E-state index in [2.05, 4.69) is 15.4 Å². The van der Waals surface area contributed by atoms with Crippen LogP contribution in [0.25, 0.3) is 0 Å². The maximum Gasteiger partial charge on any atom is 0.276 e. The molecule has 2 aliphatic rings. The van der Waals surface area contributed by atoms with Crippen LogP contribution < -0.4 is 5.32 Å². The summed E-state index contributed by atoms with van der Waals surface area (Å²) in [7, 11) is 0. The minimum Gasteiger partial charge on any atom is -0.361 e. The van der Waals surface area contributed by atoms with Crippen molar-refractivity contribution in [3.8, 4) is 0 Å². The fourth-order valence-electron chi connectivity index (χ4n) is 3.88. The molecule has 0 atom stereocenters. The van der Waals surface area contributed by atoms with Gasteiger partial charge in [0.25, 0.3) is 5.91 Å². The molecule has 2 amide bonds. The summed E-state index contributed by atoms with van der Waals surface area (Å²) in [4.78, 5) is 28.5. The first kappa shape index (κ1) is 18.9. The van der Waals surface area contributed by atoms with Gasteiger partial charge in [0.1, 0.15) is 5.76 Å². The Morgan fingerprint density at radius 2 is 1.92 bits per heavy atom. The number of nitrogens with zero attached hydrogens (tertiary/aromatic N) is 3. The Morgan fingerprint density at radius 3 is 2.58 bits per heavy atom. The van der Waals surface area contributed by atoms with Gasteiger partial charge in [-0.1, -0.05) is 24.4 Å². The lowest BCUT2D eigenvalue weighted by molar-refractivity contribution is -0.122. The summed E-state index contributed by atoms with van der Waals surface area (Å²) in [5.41, 5.74) is 0.380. The summed E-state index contributed by atoms with van der Waals surface area (Å²) < 4.78 is 4.98. The summed E-state index contributed by atoms with van der Waals surface area (Å²) in [6.45, 7) is 6.30. The van der Waals surface area contributed by atoms with E-state index < -0.39 is 0 Å². The molecule has 144 valence electrons. The molecule has 1 aromatic heterocycles. The Bertz CT molecular complexity index is 602. The van der Waals surface area contributed by atoms with Crippen LogP contribution in [0.4, 0.5) is 0 Å². The standard InChI is InChI=1S/C19H30N4O3/c1-15-13-17(21-26-15)19(25)23-11-9-22(10-12-23)8-7-20-18(24)14-16-5-3-2-4-6-16/h13,16H,2-12,14H2,1H3,(H,20,24). The topological polar surface area (TPSA) is 78.7 Å². The summed E-state index contributed by atoms with van der Waals surface area (Å²) in [6, 6.07) is 1.68. The molecular formula is C19H30N4O3. The predicted octanol–water partition coefficient (Wildman–Crippen LogP) is 1.83. The molecule has 3 rings (SSSR count). The SMILES string of the molecule is Cc1cc(C(=O)N2CCN(CCNC(=O)CC3CCCCC3)CC2)no1. The van der Waals surface area contributed by atoms with Crippen LogP contribution >= 0.6 is 0 Å². The van der Waals surface area contributed by atoms with Crippen LogP contribution in [0.15, 0.2) is 10.6 Å². The van der Waals surface area contributed by atoms with Crippen LogP contribution in [0.5, 0.6) is 0 Å². The number of aryl methyl sites for hydroxylation is 1. The Balaban J connectivity index is 1.31. The number of amides is 2. The highest BCUT2D eigenvalue weighted by atomic mass is 16.5.